The maximum atomic E-state index is 2.41. The quantitative estimate of drug-likeness (QED) is 0.407. The van der Waals surface area contributed by atoms with Gasteiger partial charge in [-0.1, -0.05) is 18.6 Å². The minimum Gasteiger partial charge on any atom is -0.324 e. The summed E-state index contributed by atoms with van der Waals surface area (Å²) in [6.45, 7) is 19.0. The average Bonchev–Trinajstić information content (AvgIpc) is 2.31. The van der Waals surface area contributed by atoms with Crippen molar-refractivity contribution in [3.63, 3.8) is 0 Å². The third-order valence-corrected chi connectivity index (χ3v) is 4.32. The number of hydrogen-bond donors (Lipinski definition) is 0. The number of rotatable bonds is 9. The van der Waals surface area contributed by atoms with E-state index in [1.54, 1.807) is 0 Å². The fraction of sp³-hybridized carbons (Fsp3) is 0.875. The molecular weight excluding hydrogens is 206 g/mol. The largest absolute Gasteiger partial charge is 0.324 e. The Labute approximate surface area is 109 Å². The lowest BCUT2D eigenvalue weighted by Gasteiger charge is -2.36. The normalized spacial score (nSPS) is 13.5. The Hall–Kier alpha value is -0.300. The molecule has 1 heteroatoms. The van der Waals surface area contributed by atoms with Gasteiger partial charge in [0.25, 0.3) is 0 Å². The van der Waals surface area contributed by atoms with Crippen molar-refractivity contribution in [2.45, 2.75) is 60.8 Å². The topological polar surface area (TPSA) is 0 Å². The summed E-state index contributed by atoms with van der Waals surface area (Å²) in [5, 5.41) is 0. The van der Waals surface area contributed by atoms with Crippen molar-refractivity contribution in [2.75, 3.05) is 26.2 Å². The molecule has 0 radical (unpaired) electrons. The van der Waals surface area contributed by atoms with E-state index in [1.165, 1.54) is 55.5 Å². The van der Waals surface area contributed by atoms with E-state index in [2.05, 4.69) is 47.6 Å². The van der Waals surface area contributed by atoms with Crippen LogP contribution in [0.4, 0.5) is 0 Å². The van der Waals surface area contributed by atoms with Gasteiger partial charge in [-0.3, -0.25) is 0 Å². The Morgan fingerprint density at radius 3 is 1.94 bits per heavy atom. The van der Waals surface area contributed by atoms with Crippen molar-refractivity contribution in [1.82, 2.24) is 0 Å². The van der Waals surface area contributed by atoms with Gasteiger partial charge in [-0.2, -0.15) is 0 Å². The number of quaternary nitrogens is 1. The number of hydrogen-bond acceptors (Lipinski definition) is 0. The first kappa shape index (κ1) is 16.7. The predicted octanol–water partition coefficient (Wildman–Crippen LogP) is 4.64. The minimum absolute atomic E-state index is 0.868. The van der Waals surface area contributed by atoms with Crippen LogP contribution in [0, 0.1) is 5.92 Å². The van der Waals surface area contributed by atoms with Gasteiger partial charge < -0.3 is 4.48 Å². The highest BCUT2D eigenvalue weighted by molar-refractivity contribution is 4.92. The molecule has 102 valence electrons. The summed E-state index contributed by atoms with van der Waals surface area (Å²) in [6.07, 6.45) is 6.36. The molecule has 0 aromatic heterocycles. The molecule has 0 aromatic carbocycles. The summed E-state index contributed by atoms with van der Waals surface area (Å²) in [6, 6.07) is 0. The SMILES string of the molecule is CC[N+](CC)(CC)CC[C@@H](C)CCC=C(C)C. The summed E-state index contributed by atoms with van der Waals surface area (Å²) in [4.78, 5) is 0. The van der Waals surface area contributed by atoms with Crippen LogP contribution in [0.25, 0.3) is 0 Å². The van der Waals surface area contributed by atoms with Crippen LogP contribution in [0.15, 0.2) is 11.6 Å². The van der Waals surface area contributed by atoms with Gasteiger partial charge in [0.2, 0.25) is 0 Å². The molecule has 0 aliphatic rings. The van der Waals surface area contributed by atoms with Gasteiger partial charge >= 0.3 is 0 Å². The Kier molecular flexibility index (Phi) is 8.59. The average molecular weight is 240 g/mol. The number of nitrogens with zero attached hydrogens (tertiary/aromatic N) is 1. The summed E-state index contributed by atoms with van der Waals surface area (Å²) < 4.78 is 1.30. The molecule has 0 fully saturated rings. The maximum Gasteiger partial charge on any atom is 0.0788 e. The van der Waals surface area contributed by atoms with Crippen LogP contribution in [-0.2, 0) is 0 Å². The Morgan fingerprint density at radius 2 is 1.53 bits per heavy atom. The van der Waals surface area contributed by atoms with Crippen LogP contribution in [0.1, 0.15) is 60.8 Å². The lowest BCUT2D eigenvalue weighted by molar-refractivity contribution is -0.923. The van der Waals surface area contributed by atoms with E-state index < -0.39 is 0 Å². The van der Waals surface area contributed by atoms with E-state index >= 15 is 0 Å². The van der Waals surface area contributed by atoms with Crippen LogP contribution in [0.5, 0.6) is 0 Å². The molecule has 0 saturated carbocycles. The third-order valence-electron chi connectivity index (χ3n) is 4.32. The molecule has 1 nitrogen and oxygen atoms in total. The van der Waals surface area contributed by atoms with Gasteiger partial charge in [-0.05, 0) is 59.8 Å². The zero-order chi connectivity index (χ0) is 13.3. The smallest absolute Gasteiger partial charge is 0.0788 e. The van der Waals surface area contributed by atoms with E-state index in [-0.39, 0.29) is 0 Å². The monoisotopic (exact) mass is 240 g/mol. The Bertz CT molecular complexity index is 201. The second-order valence-electron chi connectivity index (χ2n) is 5.77. The summed E-state index contributed by atoms with van der Waals surface area (Å²) >= 11 is 0. The van der Waals surface area contributed by atoms with Crippen LogP contribution in [0.3, 0.4) is 0 Å². The van der Waals surface area contributed by atoms with Gasteiger partial charge in [0, 0.05) is 0 Å². The molecule has 0 spiro atoms. The van der Waals surface area contributed by atoms with E-state index in [1.807, 2.05) is 0 Å². The lowest BCUT2D eigenvalue weighted by atomic mass is 10.00. The molecule has 0 aromatic rings. The summed E-state index contributed by atoms with van der Waals surface area (Å²) in [5.41, 5.74) is 1.46. The molecule has 0 aliphatic heterocycles. The van der Waals surface area contributed by atoms with Crippen molar-refractivity contribution in [1.29, 1.82) is 0 Å². The zero-order valence-corrected chi connectivity index (χ0v) is 13.1. The van der Waals surface area contributed by atoms with Crippen molar-refractivity contribution in [3.8, 4) is 0 Å². The van der Waals surface area contributed by atoms with Crippen LogP contribution < -0.4 is 0 Å². The second-order valence-corrected chi connectivity index (χ2v) is 5.77. The first-order chi connectivity index (χ1) is 7.99. The van der Waals surface area contributed by atoms with E-state index in [9.17, 15) is 0 Å². The van der Waals surface area contributed by atoms with Crippen molar-refractivity contribution in [3.05, 3.63) is 11.6 Å². The van der Waals surface area contributed by atoms with Gasteiger partial charge in [0.1, 0.15) is 0 Å². The van der Waals surface area contributed by atoms with Crippen LogP contribution >= 0.6 is 0 Å². The standard InChI is InChI=1S/C16H34N/c1-7-17(8-2,9-3)14-13-16(6)12-10-11-15(4)5/h11,16H,7-10,12-14H2,1-6H3/q+1/t16-/m0/s1. The van der Waals surface area contributed by atoms with Crippen molar-refractivity contribution >= 4 is 0 Å². The summed E-state index contributed by atoms with van der Waals surface area (Å²) in [7, 11) is 0. The van der Waals surface area contributed by atoms with Crippen molar-refractivity contribution < 1.29 is 4.48 Å². The highest BCUT2D eigenvalue weighted by atomic mass is 15.3. The zero-order valence-electron chi connectivity index (χ0n) is 13.1. The molecule has 17 heavy (non-hydrogen) atoms. The van der Waals surface area contributed by atoms with Crippen LogP contribution in [0.2, 0.25) is 0 Å². The van der Waals surface area contributed by atoms with Crippen LogP contribution in [-0.4, -0.2) is 30.7 Å². The highest BCUT2D eigenvalue weighted by Crippen LogP contribution is 2.16. The predicted molar refractivity (Wildman–Crippen MR) is 79.2 cm³/mol. The number of allylic oxidation sites excluding steroid dienone is 2. The maximum absolute atomic E-state index is 2.41. The molecule has 0 N–H and O–H groups in total. The molecule has 0 unspecified atom stereocenters. The molecule has 1 atom stereocenters. The van der Waals surface area contributed by atoms with Crippen molar-refractivity contribution in [2.24, 2.45) is 5.92 Å². The first-order valence-electron chi connectivity index (χ1n) is 7.48. The highest BCUT2D eigenvalue weighted by Gasteiger charge is 2.20. The Morgan fingerprint density at radius 1 is 1.00 bits per heavy atom. The molecule has 0 aliphatic carbocycles. The second kappa shape index (κ2) is 8.74. The minimum atomic E-state index is 0.868. The first-order valence-corrected chi connectivity index (χ1v) is 7.48. The third kappa shape index (κ3) is 6.88. The molecule has 0 bridgehead atoms. The van der Waals surface area contributed by atoms with Gasteiger partial charge in [-0.15, -0.1) is 0 Å². The molecule has 0 amide bonds. The van der Waals surface area contributed by atoms with Gasteiger partial charge in [0.15, 0.2) is 0 Å². The lowest BCUT2D eigenvalue weighted by Crippen LogP contribution is -2.48. The Balaban J connectivity index is 3.96. The van der Waals surface area contributed by atoms with E-state index in [0.717, 1.165) is 5.92 Å². The molecular formula is C16H34N+. The molecule has 0 heterocycles. The van der Waals surface area contributed by atoms with E-state index in [0.29, 0.717) is 0 Å². The fourth-order valence-electron chi connectivity index (χ4n) is 2.44. The fourth-order valence-corrected chi connectivity index (χ4v) is 2.44. The molecule has 0 saturated heterocycles. The van der Waals surface area contributed by atoms with Gasteiger partial charge in [-0.25, -0.2) is 0 Å². The van der Waals surface area contributed by atoms with Gasteiger partial charge in [0.05, 0.1) is 26.2 Å². The molecule has 0 rings (SSSR count). The van der Waals surface area contributed by atoms with E-state index in [4.69, 9.17) is 0 Å². The summed E-state index contributed by atoms with van der Waals surface area (Å²) in [5.74, 6) is 0.868.